The van der Waals surface area contributed by atoms with E-state index >= 15 is 0 Å². The molecule has 0 radical (unpaired) electrons. The van der Waals surface area contributed by atoms with Crippen LogP contribution in [-0.4, -0.2) is 46.2 Å². The molecule has 0 bridgehead atoms. The van der Waals surface area contributed by atoms with Crippen molar-refractivity contribution in [2.45, 2.75) is 33.3 Å². The maximum Gasteiger partial charge on any atom is 0.318 e. The fourth-order valence-corrected chi connectivity index (χ4v) is 1.72. The summed E-state index contributed by atoms with van der Waals surface area (Å²) >= 11 is 0. The number of carboxylic acids is 1. The summed E-state index contributed by atoms with van der Waals surface area (Å²) in [6, 6.07) is 0. The van der Waals surface area contributed by atoms with E-state index in [0.29, 0.717) is 13.0 Å². The topological polar surface area (TPSA) is 77.8 Å². The summed E-state index contributed by atoms with van der Waals surface area (Å²) in [5, 5.41) is 18.6. The van der Waals surface area contributed by atoms with Crippen molar-refractivity contribution in [3.63, 3.8) is 0 Å². The van der Waals surface area contributed by atoms with Crippen molar-refractivity contribution < 1.29 is 19.8 Å². The van der Waals surface area contributed by atoms with Gasteiger partial charge in [0.2, 0.25) is 5.91 Å². The van der Waals surface area contributed by atoms with Crippen LogP contribution in [0.15, 0.2) is 0 Å². The van der Waals surface area contributed by atoms with Crippen molar-refractivity contribution in [3.8, 4) is 0 Å². The molecule has 1 saturated heterocycles. The van der Waals surface area contributed by atoms with Gasteiger partial charge in [0.15, 0.2) is 0 Å². The highest BCUT2D eigenvalue weighted by Gasteiger charge is 2.41. The summed E-state index contributed by atoms with van der Waals surface area (Å²) in [5.41, 5.74) is -1.42. The molecule has 1 aliphatic heterocycles. The Morgan fingerprint density at radius 3 is 2.38 bits per heavy atom. The van der Waals surface area contributed by atoms with Crippen LogP contribution >= 0.6 is 0 Å². The van der Waals surface area contributed by atoms with Crippen molar-refractivity contribution in [3.05, 3.63) is 0 Å². The number of carboxylic acid groups (broad SMARTS) is 1. The first-order valence-corrected chi connectivity index (χ1v) is 5.47. The first-order chi connectivity index (χ1) is 7.26. The molecule has 0 aromatic carbocycles. The van der Waals surface area contributed by atoms with E-state index in [2.05, 4.69) is 0 Å². The van der Waals surface area contributed by atoms with Gasteiger partial charge < -0.3 is 15.1 Å². The zero-order valence-electron chi connectivity index (χ0n) is 9.93. The number of amides is 1. The van der Waals surface area contributed by atoms with Crippen molar-refractivity contribution in [1.82, 2.24) is 4.90 Å². The molecule has 1 fully saturated rings. The second-order valence-corrected chi connectivity index (χ2v) is 5.01. The molecule has 0 aromatic rings. The second-order valence-electron chi connectivity index (χ2n) is 5.01. The minimum atomic E-state index is -1.42. The number of aliphatic hydroxyl groups is 1. The standard InChI is InChI=1S/C11H19NO4/c1-7-4-5-12(6-8(7)13)9(14)11(2,3)10(15)16/h7-8,13H,4-6H2,1-3H3,(H,15,16). The minimum Gasteiger partial charge on any atom is -0.480 e. The van der Waals surface area contributed by atoms with E-state index in [1.165, 1.54) is 18.7 Å². The lowest BCUT2D eigenvalue weighted by Gasteiger charge is -2.37. The molecule has 2 atom stereocenters. The van der Waals surface area contributed by atoms with Crippen molar-refractivity contribution in [2.75, 3.05) is 13.1 Å². The number of rotatable bonds is 2. The van der Waals surface area contributed by atoms with Crippen molar-refractivity contribution in [2.24, 2.45) is 11.3 Å². The molecule has 16 heavy (non-hydrogen) atoms. The van der Waals surface area contributed by atoms with Crippen LogP contribution in [0.2, 0.25) is 0 Å². The van der Waals surface area contributed by atoms with Gasteiger partial charge in [-0.25, -0.2) is 0 Å². The number of hydrogen-bond acceptors (Lipinski definition) is 3. The Morgan fingerprint density at radius 2 is 1.94 bits per heavy atom. The SMILES string of the molecule is CC1CCN(C(=O)C(C)(C)C(=O)O)CC1O. The maximum absolute atomic E-state index is 11.9. The van der Waals surface area contributed by atoms with E-state index in [4.69, 9.17) is 5.11 Å². The highest BCUT2D eigenvalue weighted by molar-refractivity contribution is 6.01. The predicted octanol–water partition coefficient (Wildman–Crippen LogP) is 0.326. The van der Waals surface area contributed by atoms with Gasteiger partial charge in [-0.2, -0.15) is 0 Å². The van der Waals surface area contributed by atoms with Crippen LogP contribution in [0.1, 0.15) is 27.2 Å². The van der Waals surface area contributed by atoms with Gasteiger partial charge in [-0.3, -0.25) is 9.59 Å². The number of piperidine rings is 1. The summed E-state index contributed by atoms with van der Waals surface area (Å²) in [6.45, 7) is 5.46. The monoisotopic (exact) mass is 229 g/mol. The molecular formula is C11H19NO4. The maximum atomic E-state index is 11.9. The Kier molecular flexibility index (Phi) is 3.57. The lowest BCUT2D eigenvalue weighted by atomic mass is 9.89. The van der Waals surface area contributed by atoms with E-state index in [1.54, 1.807) is 0 Å². The summed E-state index contributed by atoms with van der Waals surface area (Å²) < 4.78 is 0. The third-order valence-electron chi connectivity index (χ3n) is 3.28. The molecule has 0 aliphatic carbocycles. The number of aliphatic carboxylic acids is 1. The highest BCUT2D eigenvalue weighted by Crippen LogP contribution is 2.24. The lowest BCUT2D eigenvalue weighted by Crippen LogP contribution is -2.52. The van der Waals surface area contributed by atoms with Crippen LogP contribution in [-0.2, 0) is 9.59 Å². The average molecular weight is 229 g/mol. The molecule has 92 valence electrons. The number of hydrogen-bond donors (Lipinski definition) is 2. The second kappa shape index (κ2) is 4.41. The van der Waals surface area contributed by atoms with Crippen LogP contribution in [0, 0.1) is 11.3 Å². The van der Waals surface area contributed by atoms with Gasteiger partial charge >= 0.3 is 5.97 Å². The number of carbonyl (C=O) groups excluding carboxylic acids is 1. The van der Waals surface area contributed by atoms with Gasteiger partial charge in [0.1, 0.15) is 5.41 Å². The van der Waals surface area contributed by atoms with Gasteiger partial charge in [0.05, 0.1) is 6.10 Å². The van der Waals surface area contributed by atoms with E-state index in [1.807, 2.05) is 6.92 Å². The van der Waals surface area contributed by atoms with Gasteiger partial charge in [-0.1, -0.05) is 6.92 Å². The molecule has 1 amide bonds. The fraction of sp³-hybridized carbons (Fsp3) is 0.818. The lowest BCUT2D eigenvalue weighted by molar-refractivity contribution is -0.160. The van der Waals surface area contributed by atoms with Crippen LogP contribution in [0.5, 0.6) is 0 Å². The molecule has 5 heteroatoms. The molecule has 2 unspecified atom stereocenters. The van der Waals surface area contributed by atoms with Crippen LogP contribution in [0.25, 0.3) is 0 Å². The zero-order chi connectivity index (χ0) is 12.5. The summed E-state index contributed by atoms with van der Waals surface area (Å²) in [7, 11) is 0. The quantitative estimate of drug-likeness (QED) is 0.669. The summed E-state index contributed by atoms with van der Waals surface area (Å²) in [5.74, 6) is -1.39. The van der Waals surface area contributed by atoms with Gasteiger partial charge in [0, 0.05) is 13.1 Å². The molecule has 2 N–H and O–H groups in total. The van der Waals surface area contributed by atoms with Gasteiger partial charge in [-0.05, 0) is 26.2 Å². The largest absolute Gasteiger partial charge is 0.480 e. The molecule has 0 spiro atoms. The highest BCUT2D eigenvalue weighted by atomic mass is 16.4. The Hall–Kier alpha value is -1.10. The minimum absolute atomic E-state index is 0.164. The van der Waals surface area contributed by atoms with Crippen LogP contribution in [0.3, 0.4) is 0 Å². The molecule has 1 rings (SSSR count). The zero-order valence-corrected chi connectivity index (χ0v) is 9.93. The molecule has 0 saturated carbocycles. The smallest absolute Gasteiger partial charge is 0.318 e. The van der Waals surface area contributed by atoms with Crippen molar-refractivity contribution in [1.29, 1.82) is 0 Å². The Balaban J connectivity index is 2.73. The van der Waals surface area contributed by atoms with Crippen LogP contribution < -0.4 is 0 Å². The van der Waals surface area contributed by atoms with E-state index in [9.17, 15) is 14.7 Å². The average Bonchev–Trinajstić information content (AvgIpc) is 2.20. The third kappa shape index (κ3) is 2.35. The first-order valence-electron chi connectivity index (χ1n) is 5.47. The molecular weight excluding hydrogens is 210 g/mol. The molecule has 1 heterocycles. The Bertz CT molecular complexity index is 300. The van der Waals surface area contributed by atoms with Crippen molar-refractivity contribution >= 4 is 11.9 Å². The van der Waals surface area contributed by atoms with E-state index < -0.39 is 23.4 Å². The van der Waals surface area contributed by atoms with Gasteiger partial charge in [-0.15, -0.1) is 0 Å². The number of aliphatic hydroxyl groups excluding tert-OH is 1. The van der Waals surface area contributed by atoms with Crippen LogP contribution in [0.4, 0.5) is 0 Å². The third-order valence-corrected chi connectivity index (χ3v) is 3.28. The normalized spacial score (nSPS) is 26.6. The number of nitrogens with zero attached hydrogens (tertiary/aromatic N) is 1. The molecule has 5 nitrogen and oxygen atoms in total. The van der Waals surface area contributed by atoms with E-state index in [0.717, 1.165) is 0 Å². The number of likely N-dealkylation sites (tertiary alicyclic amines) is 1. The molecule has 1 aliphatic rings. The van der Waals surface area contributed by atoms with E-state index in [-0.39, 0.29) is 12.5 Å². The Morgan fingerprint density at radius 1 is 1.38 bits per heavy atom. The Labute approximate surface area is 95.1 Å². The molecule has 0 aromatic heterocycles. The predicted molar refractivity (Wildman–Crippen MR) is 57.8 cm³/mol. The first kappa shape index (κ1) is 13.0. The number of β-amino-alcohol motifs (C(OH)–C–C–N with tert-alkyl or cyclic N) is 1. The number of carbonyl (C=O) groups is 2. The summed E-state index contributed by atoms with van der Waals surface area (Å²) in [4.78, 5) is 24.3. The summed E-state index contributed by atoms with van der Waals surface area (Å²) in [6.07, 6.45) is 0.157. The van der Waals surface area contributed by atoms with Gasteiger partial charge in [0.25, 0.3) is 0 Å². The fourth-order valence-electron chi connectivity index (χ4n) is 1.72.